The van der Waals surface area contributed by atoms with Crippen LogP contribution in [0.1, 0.15) is 42.6 Å². The summed E-state index contributed by atoms with van der Waals surface area (Å²) >= 11 is 0. The molecule has 1 heterocycles. The normalized spacial score (nSPS) is 18.8. The molecule has 1 saturated carbocycles. The van der Waals surface area contributed by atoms with Crippen molar-refractivity contribution in [2.45, 2.75) is 32.1 Å². The molecule has 2 rings (SSSR count). The largest absolute Gasteiger partial charge is 0.292 e. The average molecular weight is 179 g/mol. The van der Waals surface area contributed by atoms with E-state index in [0.29, 0.717) is 5.69 Å². The molecule has 4 nitrogen and oxygen atoms in total. The minimum atomic E-state index is 0.161. The topological polar surface area (TPSA) is 58.6 Å². The molecule has 0 radical (unpaired) electrons. The van der Waals surface area contributed by atoms with Crippen LogP contribution < -0.4 is 0 Å². The Bertz CT molecular complexity index is 275. The van der Waals surface area contributed by atoms with Gasteiger partial charge in [-0.15, -0.1) is 0 Å². The summed E-state index contributed by atoms with van der Waals surface area (Å²) in [6.45, 7) is 0. The number of aromatic nitrogens is 3. The number of H-pyrrole nitrogens is 1. The third-order valence-corrected chi connectivity index (χ3v) is 2.64. The van der Waals surface area contributed by atoms with Crippen molar-refractivity contribution in [2.75, 3.05) is 0 Å². The summed E-state index contributed by atoms with van der Waals surface area (Å²) in [5.74, 6) is 0.354. The van der Waals surface area contributed by atoms with Gasteiger partial charge in [0.2, 0.25) is 0 Å². The number of Topliss-reactive ketones (excluding diaryl/α,β-unsaturated/α-hetero) is 1. The van der Waals surface area contributed by atoms with Crippen molar-refractivity contribution < 1.29 is 4.79 Å². The number of aromatic amines is 1. The van der Waals surface area contributed by atoms with Crippen molar-refractivity contribution >= 4 is 5.78 Å². The summed E-state index contributed by atoms with van der Waals surface area (Å²) in [5, 5.41) is 9.92. The zero-order valence-corrected chi connectivity index (χ0v) is 7.49. The van der Waals surface area contributed by atoms with Gasteiger partial charge in [-0.3, -0.25) is 4.79 Å². The van der Waals surface area contributed by atoms with Crippen LogP contribution in [0.15, 0.2) is 6.20 Å². The van der Waals surface area contributed by atoms with E-state index in [9.17, 15) is 4.79 Å². The zero-order valence-electron chi connectivity index (χ0n) is 7.49. The Morgan fingerprint density at radius 2 is 2.15 bits per heavy atom. The first kappa shape index (κ1) is 8.41. The van der Waals surface area contributed by atoms with Crippen molar-refractivity contribution in [2.24, 2.45) is 5.92 Å². The Labute approximate surface area is 76.7 Å². The fraction of sp³-hybridized carbons (Fsp3) is 0.667. The molecule has 70 valence electrons. The molecule has 0 spiro atoms. The highest BCUT2D eigenvalue weighted by atomic mass is 16.1. The van der Waals surface area contributed by atoms with Gasteiger partial charge in [0.05, 0.1) is 6.20 Å². The van der Waals surface area contributed by atoms with Gasteiger partial charge in [-0.05, 0) is 12.8 Å². The van der Waals surface area contributed by atoms with Gasteiger partial charge in [0, 0.05) is 5.92 Å². The predicted octanol–water partition coefficient (Wildman–Crippen LogP) is 1.57. The highest BCUT2D eigenvalue weighted by molar-refractivity contribution is 5.95. The number of hydrogen-bond donors (Lipinski definition) is 1. The first-order chi connectivity index (χ1) is 6.38. The van der Waals surface area contributed by atoms with E-state index in [1.165, 1.54) is 25.5 Å². The zero-order chi connectivity index (χ0) is 9.10. The lowest BCUT2D eigenvalue weighted by atomic mass is 9.85. The van der Waals surface area contributed by atoms with E-state index < -0.39 is 0 Å². The van der Waals surface area contributed by atoms with E-state index in [1.54, 1.807) is 0 Å². The van der Waals surface area contributed by atoms with Crippen LogP contribution in [0.2, 0.25) is 0 Å². The molecule has 13 heavy (non-hydrogen) atoms. The van der Waals surface area contributed by atoms with Crippen molar-refractivity contribution in [1.82, 2.24) is 15.4 Å². The predicted molar refractivity (Wildman–Crippen MR) is 47.3 cm³/mol. The van der Waals surface area contributed by atoms with Crippen LogP contribution in [0.25, 0.3) is 0 Å². The molecular formula is C9H13N3O. The monoisotopic (exact) mass is 179 g/mol. The van der Waals surface area contributed by atoms with Crippen LogP contribution in [-0.2, 0) is 0 Å². The van der Waals surface area contributed by atoms with Crippen LogP contribution in [0, 0.1) is 5.92 Å². The summed E-state index contributed by atoms with van der Waals surface area (Å²) in [5.41, 5.74) is 0.493. The van der Waals surface area contributed by atoms with Crippen molar-refractivity contribution in [3.8, 4) is 0 Å². The highest BCUT2D eigenvalue weighted by Gasteiger charge is 2.23. The Hall–Kier alpha value is -1.19. The van der Waals surface area contributed by atoms with E-state index in [1.807, 2.05) is 0 Å². The molecule has 0 aliphatic heterocycles. The molecule has 0 aromatic carbocycles. The lowest BCUT2D eigenvalue weighted by Gasteiger charge is -2.18. The summed E-state index contributed by atoms with van der Waals surface area (Å²) in [7, 11) is 0. The second kappa shape index (κ2) is 3.68. The minimum absolute atomic E-state index is 0.161. The lowest BCUT2D eigenvalue weighted by molar-refractivity contribution is 0.0884. The molecule has 1 fully saturated rings. The number of ketones is 1. The first-order valence-electron chi connectivity index (χ1n) is 4.78. The summed E-state index contributed by atoms with van der Waals surface area (Å²) in [4.78, 5) is 11.7. The van der Waals surface area contributed by atoms with Gasteiger partial charge in [0.15, 0.2) is 5.78 Å². The smallest absolute Gasteiger partial charge is 0.187 e. The Morgan fingerprint density at radius 1 is 1.38 bits per heavy atom. The summed E-state index contributed by atoms with van der Waals surface area (Å²) < 4.78 is 0. The standard InChI is InChI=1S/C9H13N3O/c13-9(8-6-10-12-11-8)7-4-2-1-3-5-7/h6-7H,1-5H2,(H,10,11,12). The van der Waals surface area contributed by atoms with E-state index in [4.69, 9.17) is 0 Å². The van der Waals surface area contributed by atoms with Crippen LogP contribution in [0.3, 0.4) is 0 Å². The van der Waals surface area contributed by atoms with Gasteiger partial charge >= 0.3 is 0 Å². The molecule has 1 N–H and O–H groups in total. The fourth-order valence-corrected chi connectivity index (χ4v) is 1.89. The molecule has 0 bridgehead atoms. The van der Waals surface area contributed by atoms with Gasteiger partial charge in [-0.25, -0.2) is 0 Å². The summed E-state index contributed by atoms with van der Waals surface area (Å²) in [6, 6.07) is 0. The van der Waals surface area contributed by atoms with E-state index >= 15 is 0 Å². The van der Waals surface area contributed by atoms with Crippen LogP contribution in [0.4, 0.5) is 0 Å². The van der Waals surface area contributed by atoms with Crippen LogP contribution in [-0.4, -0.2) is 21.2 Å². The van der Waals surface area contributed by atoms with Crippen LogP contribution >= 0.6 is 0 Å². The number of rotatable bonds is 2. The molecule has 1 aromatic rings. The average Bonchev–Trinajstić information content (AvgIpc) is 2.71. The molecule has 0 unspecified atom stereocenters. The van der Waals surface area contributed by atoms with Gasteiger partial charge in [-0.1, -0.05) is 19.3 Å². The SMILES string of the molecule is O=C(c1cn[nH]n1)C1CCCCC1. The van der Waals surface area contributed by atoms with Gasteiger partial charge in [-0.2, -0.15) is 15.4 Å². The maximum atomic E-state index is 11.7. The maximum Gasteiger partial charge on any atom is 0.187 e. The summed E-state index contributed by atoms with van der Waals surface area (Å²) in [6.07, 6.45) is 7.17. The van der Waals surface area contributed by atoms with Gasteiger partial charge in [0.25, 0.3) is 0 Å². The van der Waals surface area contributed by atoms with E-state index in [0.717, 1.165) is 12.8 Å². The fourth-order valence-electron chi connectivity index (χ4n) is 1.89. The van der Waals surface area contributed by atoms with Crippen molar-refractivity contribution in [3.05, 3.63) is 11.9 Å². The van der Waals surface area contributed by atoms with Gasteiger partial charge in [0.1, 0.15) is 5.69 Å². The molecule has 0 atom stereocenters. The number of nitrogens with zero attached hydrogens (tertiary/aromatic N) is 2. The number of hydrogen-bond acceptors (Lipinski definition) is 3. The third-order valence-electron chi connectivity index (χ3n) is 2.64. The van der Waals surface area contributed by atoms with Crippen LogP contribution in [0.5, 0.6) is 0 Å². The van der Waals surface area contributed by atoms with E-state index in [2.05, 4.69) is 15.4 Å². The molecule has 1 aliphatic carbocycles. The minimum Gasteiger partial charge on any atom is -0.292 e. The van der Waals surface area contributed by atoms with E-state index in [-0.39, 0.29) is 11.7 Å². The molecule has 1 aromatic heterocycles. The van der Waals surface area contributed by atoms with Crippen molar-refractivity contribution in [3.63, 3.8) is 0 Å². The number of nitrogens with one attached hydrogen (secondary N) is 1. The highest BCUT2D eigenvalue weighted by Crippen LogP contribution is 2.25. The second-order valence-electron chi connectivity index (χ2n) is 3.55. The number of carbonyl (C=O) groups excluding carboxylic acids is 1. The third kappa shape index (κ3) is 1.76. The molecule has 4 heteroatoms. The molecule has 0 saturated heterocycles. The lowest BCUT2D eigenvalue weighted by Crippen LogP contribution is -2.18. The molecular weight excluding hydrogens is 166 g/mol. The van der Waals surface area contributed by atoms with Gasteiger partial charge < -0.3 is 0 Å². The first-order valence-corrected chi connectivity index (χ1v) is 4.78. The Morgan fingerprint density at radius 3 is 2.77 bits per heavy atom. The molecule has 0 amide bonds. The Kier molecular flexibility index (Phi) is 2.38. The quantitative estimate of drug-likeness (QED) is 0.701. The molecule has 1 aliphatic rings. The van der Waals surface area contributed by atoms with Crippen molar-refractivity contribution in [1.29, 1.82) is 0 Å². The Balaban J connectivity index is 2.04. The second-order valence-corrected chi connectivity index (χ2v) is 3.55. The number of carbonyl (C=O) groups is 1. The maximum absolute atomic E-state index is 11.7.